The minimum absolute atomic E-state index is 0.201. The number of methoxy groups -OCH3 is 1. The quantitative estimate of drug-likeness (QED) is 0.290. The summed E-state index contributed by atoms with van der Waals surface area (Å²) in [5.41, 5.74) is 1.49. The molecule has 124 valence electrons. The summed E-state index contributed by atoms with van der Waals surface area (Å²) in [4.78, 5) is 13.3. The molecule has 0 unspecified atom stereocenters. The van der Waals surface area contributed by atoms with Crippen LogP contribution >= 0.6 is 0 Å². The van der Waals surface area contributed by atoms with Gasteiger partial charge in [0.05, 0.1) is 12.7 Å². The standard InChI is InChI=1S/C20H16N2O3/c1-25-17-13-11-15(12-14-17)20(23)18-9-5-6-10-19(18)22(24)21-16-7-3-2-4-8-16/h2-14H,1H3. The van der Waals surface area contributed by atoms with Gasteiger partial charge < -0.3 is 9.94 Å². The van der Waals surface area contributed by atoms with Crippen molar-refractivity contribution in [1.29, 1.82) is 0 Å². The van der Waals surface area contributed by atoms with Gasteiger partial charge >= 0.3 is 0 Å². The molecule has 0 spiro atoms. The third kappa shape index (κ3) is 3.72. The Morgan fingerprint density at radius 1 is 0.920 bits per heavy atom. The smallest absolute Gasteiger partial charge is 0.256 e. The number of rotatable bonds is 5. The molecule has 0 aliphatic carbocycles. The number of hydrogen-bond acceptors (Lipinski definition) is 4. The Balaban J connectivity index is 1.97. The molecule has 0 aliphatic rings. The van der Waals surface area contributed by atoms with Crippen LogP contribution in [0.4, 0.5) is 11.4 Å². The summed E-state index contributed by atoms with van der Waals surface area (Å²) in [6.45, 7) is 0. The van der Waals surface area contributed by atoms with Crippen LogP contribution in [0.15, 0.2) is 84.0 Å². The van der Waals surface area contributed by atoms with Crippen molar-refractivity contribution in [2.45, 2.75) is 0 Å². The van der Waals surface area contributed by atoms with E-state index < -0.39 is 0 Å². The van der Waals surface area contributed by atoms with E-state index in [4.69, 9.17) is 4.74 Å². The molecule has 5 nitrogen and oxygen atoms in total. The molecule has 0 amide bonds. The SMILES string of the molecule is COc1ccc(C(=O)c2ccccc2[N+]([O-])=Nc2ccccc2)cc1. The Kier molecular flexibility index (Phi) is 4.85. The molecule has 0 saturated carbocycles. The van der Waals surface area contributed by atoms with E-state index in [-0.39, 0.29) is 11.5 Å². The minimum Gasteiger partial charge on any atom is -0.594 e. The second-order valence-corrected chi connectivity index (χ2v) is 5.28. The van der Waals surface area contributed by atoms with Gasteiger partial charge in [0.15, 0.2) is 5.78 Å². The van der Waals surface area contributed by atoms with Crippen molar-refractivity contribution in [3.8, 4) is 5.75 Å². The van der Waals surface area contributed by atoms with Gasteiger partial charge in [0.25, 0.3) is 5.69 Å². The van der Waals surface area contributed by atoms with Crippen molar-refractivity contribution in [3.63, 3.8) is 0 Å². The zero-order chi connectivity index (χ0) is 17.6. The Hall–Kier alpha value is -3.47. The van der Waals surface area contributed by atoms with Crippen molar-refractivity contribution in [1.82, 2.24) is 0 Å². The molecule has 3 rings (SSSR count). The summed E-state index contributed by atoms with van der Waals surface area (Å²) in [5, 5.41) is 16.4. The number of ether oxygens (including phenoxy) is 1. The van der Waals surface area contributed by atoms with Crippen LogP contribution in [0.5, 0.6) is 5.75 Å². The maximum Gasteiger partial charge on any atom is 0.256 e. The van der Waals surface area contributed by atoms with Crippen LogP contribution in [0.1, 0.15) is 15.9 Å². The third-order valence-corrected chi connectivity index (χ3v) is 3.67. The Morgan fingerprint density at radius 2 is 1.56 bits per heavy atom. The predicted molar refractivity (Wildman–Crippen MR) is 94.7 cm³/mol. The van der Waals surface area contributed by atoms with Gasteiger partial charge in [-0.05, 0) is 47.3 Å². The first kappa shape index (κ1) is 16.4. The van der Waals surface area contributed by atoms with Crippen LogP contribution in [0.25, 0.3) is 0 Å². The van der Waals surface area contributed by atoms with Crippen molar-refractivity contribution >= 4 is 17.2 Å². The molecule has 0 aliphatic heterocycles. The fraction of sp³-hybridized carbons (Fsp3) is 0.0500. The molecular formula is C20H16N2O3. The molecule has 0 aromatic heterocycles. The first-order chi connectivity index (χ1) is 12.2. The topological polar surface area (TPSA) is 64.7 Å². The summed E-state index contributed by atoms with van der Waals surface area (Å²) in [6, 6.07) is 22.2. The predicted octanol–water partition coefficient (Wildman–Crippen LogP) is 4.85. The number of carbonyl (C=O) groups is 1. The van der Waals surface area contributed by atoms with Crippen LogP contribution in [0, 0.1) is 5.21 Å². The fourth-order valence-corrected chi connectivity index (χ4v) is 2.38. The summed E-state index contributed by atoms with van der Waals surface area (Å²) < 4.78 is 5.10. The zero-order valence-corrected chi connectivity index (χ0v) is 13.6. The average molecular weight is 332 g/mol. The van der Waals surface area contributed by atoms with E-state index in [0.717, 1.165) is 0 Å². The van der Waals surface area contributed by atoms with E-state index in [2.05, 4.69) is 5.11 Å². The lowest BCUT2D eigenvalue weighted by Crippen LogP contribution is -2.05. The van der Waals surface area contributed by atoms with Crippen molar-refractivity contribution in [2.24, 2.45) is 5.11 Å². The molecule has 3 aromatic carbocycles. The van der Waals surface area contributed by atoms with Crippen molar-refractivity contribution in [3.05, 3.63) is 95.2 Å². The van der Waals surface area contributed by atoms with Gasteiger partial charge in [0.2, 0.25) is 0 Å². The highest BCUT2D eigenvalue weighted by Crippen LogP contribution is 2.24. The van der Waals surface area contributed by atoms with E-state index in [1.54, 1.807) is 79.9 Å². The number of carbonyl (C=O) groups excluding carboxylic acids is 1. The molecule has 0 radical (unpaired) electrons. The lowest BCUT2D eigenvalue weighted by Gasteiger charge is -2.07. The normalized spacial score (nSPS) is 11.2. The maximum atomic E-state index is 12.8. The molecule has 0 N–H and O–H groups in total. The third-order valence-electron chi connectivity index (χ3n) is 3.67. The van der Waals surface area contributed by atoms with Crippen molar-refractivity contribution in [2.75, 3.05) is 7.11 Å². The van der Waals surface area contributed by atoms with Gasteiger partial charge in [-0.25, -0.2) is 0 Å². The van der Waals surface area contributed by atoms with Gasteiger partial charge in [0.1, 0.15) is 11.4 Å². The molecule has 25 heavy (non-hydrogen) atoms. The zero-order valence-electron chi connectivity index (χ0n) is 13.6. The lowest BCUT2D eigenvalue weighted by molar-refractivity contribution is -0.435. The summed E-state index contributed by atoms with van der Waals surface area (Å²) in [7, 11) is 1.56. The molecular weight excluding hydrogens is 316 g/mol. The van der Waals surface area contributed by atoms with Crippen LogP contribution < -0.4 is 4.74 Å². The average Bonchev–Trinajstić information content (AvgIpc) is 2.68. The second kappa shape index (κ2) is 7.40. The molecule has 0 heterocycles. The molecule has 3 aromatic rings. The van der Waals surface area contributed by atoms with Crippen LogP contribution in [0.3, 0.4) is 0 Å². The molecule has 0 fully saturated rings. The largest absolute Gasteiger partial charge is 0.594 e. The van der Waals surface area contributed by atoms with E-state index in [1.165, 1.54) is 0 Å². The summed E-state index contributed by atoms with van der Waals surface area (Å²) in [6.07, 6.45) is 0. The van der Waals surface area contributed by atoms with Gasteiger partial charge in [-0.2, -0.15) is 0 Å². The second-order valence-electron chi connectivity index (χ2n) is 5.28. The van der Waals surface area contributed by atoms with E-state index in [1.807, 2.05) is 6.07 Å². The number of azo groups is 1. The maximum absolute atomic E-state index is 12.8. The number of para-hydroxylation sites is 1. The van der Waals surface area contributed by atoms with Gasteiger partial charge in [0, 0.05) is 16.7 Å². The molecule has 0 saturated heterocycles. The van der Waals surface area contributed by atoms with Crippen LogP contribution in [-0.2, 0) is 0 Å². The van der Waals surface area contributed by atoms with Crippen LogP contribution in [0.2, 0.25) is 0 Å². The number of hydrogen-bond donors (Lipinski definition) is 0. The first-order valence-corrected chi connectivity index (χ1v) is 7.71. The Labute approximate surface area is 145 Å². The number of ketones is 1. The highest BCUT2D eigenvalue weighted by Gasteiger charge is 2.19. The monoisotopic (exact) mass is 332 g/mol. The van der Waals surface area contributed by atoms with Gasteiger partial charge in [-0.3, -0.25) is 4.79 Å². The Morgan fingerprint density at radius 3 is 2.24 bits per heavy atom. The molecule has 0 bridgehead atoms. The highest BCUT2D eigenvalue weighted by molar-refractivity contribution is 6.11. The van der Waals surface area contributed by atoms with E-state index in [0.29, 0.717) is 27.4 Å². The van der Waals surface area contributed by atoms with Crippen LogP contribution in [-0.4, -0.2) is 17.8 Å². The first-order valence-electron chi connectivity index (χ1n) is 7.71. The van der Waals surface area contributed by atoms with E-state index >= 15 is 0 Å². The number of benzene rings is 3. The highest BCUT2D eigenvalue weighted by atomic mass is 16.5. The molecule has 0 atom stereocenters. The molecule has 5 heteroatoms. The van der Waals surface area contributed by atoms with Gasteiger partial charge in [-0.1, -0.05) is 30.3 Å². The fourth-order valence-electron chi connectivity index (χ4n) is 2.38. The summed E-state index contributed by atoms with van der Waals surface area (Å²) in [5.74, 6) is 0.414. The van der Waals surface area contributed by atoms with Crippen molar-refractivity contribution < 1.29 is 14.4 Å². The minimum atomic E-state index is -0.248. The number of nitrogens with zero attached hydrogens (tertiary/aromatic N) is 2. The Bertz CT molecular complexity index is 904. The van der Waals surface area contributed by atoms with E-state index in [9.17, 15) is 10.0 Å². The lowest BCUT2D eigenvalue weighted by atomic mass is 10.0. The summed E-state index contributed by atoms with van der Waals surface area (Å²) >= 11 is 0. The van der Waals surface area contributed by atoms with Gasteiger partial charge in [-0.15, -0.1) is 0 Å².